The number of amides is 1. The standard InChI is InChI=1S/C19H19N5O/c1-14-11-18(23-13-22-14)21-12-15-3-5-17(6-4-15)24(2)19(25)16-7-9-20-10-8-16/h3-11,13H,12H2,1-2H3,(H,21,22,23). The van der Waals surface area contributed by atoms with E-state index in [0.717, 1.165) is 22.8 Å². The third kappa shape index (κ3) is 4.17. The highest BCUT2D eigenvalue weighted by atomic mass is 16.2. The quantitative estimate of drug-likeness (QED) is 0.777. The first-order valence-electron chi connectivity index (χ1n) is 7.93. The van der Waals surface area contributed by atoms with Crippen molar-refractivity contribution in [3.05, 3.63) is 78.0 Å². The lowest BCUT2D eigenvalue weighted by Gasteiger charge is -2.18. The van der Waals surface area contributed by atoms with Gasteiger partial charge in [0.05, 0.1) is 0 Å². The van der Waals surface area contributed by atoms with E-state index in [4.69, 9.17) is 0 Å². The van der Waals surface area contributed by atoms with Gasteiger partial charge < -0.3 is 10.2 Å². The van der Waals surface area contributed by atoms with Crippen molar-refractivity contribution in [3.63, 3.8) is 0 Å². The summed E-state index contributed by atoms with van der Waals surface area (Å²) in [6, 6.07) is 13.2. The molecule has 0 atom stereocenters. The highest BCUT2D eigenvalue weighted by molar-refractivity contribution is 6.05. The third-order valence-electron chi connectivity index (χ3n) is 3.83. The first-order valence-corrected chi connectivity index (χ1v) is 7.93. The van der Waals surface area contributed by atoms with E-state index in [0.29, 0.717) is 12.1 Å². The zero-order chi connectivity index (χ0) is 17.6. The first kappa shape index (κ1) is 16.6. The van der Waals surface area contributed by atoms with Gasteiger partial charge in [0.15, 0.2) is 0 Å². The van der Waals surface area contributed by atoms with Crippen molar-refractivity contribution in [1.82, 2.24) is 15.0 Å². The number of nitrogens with one attached hydrogen (secondary N) is 1. The zero-order valence-corrected chi connectivity index (χ0v) is 14.2. The van der Waals surface area contributed by atoms with E-state index in [1.165, 1.54) is 0 Å². The minimum absolute atomic E-state index is 0.0651. The lowest BCUT2D eigenvalue weighted by molar-refractivity contribution is 0.0993. The molecule has 0 unspecified atom stereocenters. The molecule has 0 spiro atoms. The molecule has 126 valence electrons. The second-order valence-electron chi connectivity index (χ2n) is 5.66. The number of rotatable bonds is 5. The van der Waals surface area contributed by atoms with Gasteiger partial charge in [-0.25, -0.2) is 9.97 Å². The minimum Gasteiger partial charge on any atom is -0.366 e. The Morgan fingerprint density at radius 1 is 1.08 bits per heavy atom. The number of hydrogen-bond donors (Lipinski definition) is 1. The molecule has 0 saturated carbocycles. The Labute approximate surface area is 146 Å². The molecule has 2 aromatic heterocycles. The van der Waals surface area contributed by atoms with E-state index >= 15 is 0 Å². The van der Waals surface area contributed by atoms with Crippen molar-refractivity contribution in [2.75, 3.05) is 17.3 Å². The van der Waals surface area contributed by atoms with Crippen LogP contribution in [-0.2, 0) is 6.54 Å². The Balaban J connectivity index is 1.64. The fourth-order valence-corrected chi connectivity index (χ4v) is 2.39. The molecule has 1 aromatic carbocycles. The van der Waals surface area contributed by atoms with Crippen LogP contribution in [0.25, 0.3) is 0 Å². The third-order valence-corrected chi connectivity index (χ3v) is 3.83. The van der Waals surface area contributed by atoms with Crippen LogP contribution in [-0.4, -0.2) is 27.9 Å². The number of hydrogen-bond acceptors (Lipinski definition) is 5. The summed E-state index contributed by atoms with van der Waals surface area (Å²) in [5.74, 6) is 0.728. The van der Waals surface area contributed by atoms with E-state index < -0.39 is 0 Å². The lowest BCUT2D eigenvalue weighted by atomic mass is 10.1. The molecule has 2 heterocycles. The van der Waals surface area contributed by atoms with E-state index in [-0.39, 0.29) is 5.91 Å². The Morgan fingerprint density at radius 2 is 1.80 bits per heavy atom. The number of carbonyl (C=O) groups excluding carboxylic acids is 1. The fourth-order valence-electron chi connectivity index (χ4n) is 2.39. The van der Waals surface area contributed by atoms with E-state index in [1.807, 2.05) is 37.3 Å². The van der Waals surface area contributed by atoms with Crippen LogP contribution in [0.1, 0.15) is 21.6 Å². The first-order chi connectivity index (χ1) is 12.1. The summed E-state index contributed by atoms with van der Waals surface area (Å²) < 4.78 is 0. The van der Waals surface area contributed by atoms with Crippen LogP contribution in [0.4, 0.5) is 11.5 Å². The predicted molar refractivity (Wildman–Crippen MR) is 97.5 cm³/mol. The van der Waals surface area contributed by atoms with Crippen LogP contribution in [0, 0.1) is 6.92 Å². The average molecular weight is 333 g/mol. The topological polar surface area (TPSA) is 71.0 Å². The molecule has 0 aliphatic heterocycles. The zero-order valence-electron chi connectivity index (χ0n) is 14.2. The predicted octanol–water partition coefficient (Wildman–Crippen LogP) is 3.07. The van der Waals surface area contributed by atoms with E-state index in [9.17, 15) is 4.79 Å². The highest BCUT2D eigenvalue weighted by Crippen LogP contribution is 2.17. The van der Waals surface area contributed by atoms with Gasteiger partial charge in [0.2, 0.25) is 0 Å². The lowest BCUT2D eigenvalue weighted by Crippen LogP contribution is -2.26. The number of aromatic nitrogens is 3. The SMILES string of the molecule is Cc1cc(NCc2ccc(N(C)C(=O)c3ccncc3)cc2)ncn1. The average Bonchev–Trinajstić information content (AvgIpc) is 2.66. The van der Waals surface area contributed by atoms with Crippen molar-refractivity contribution in [1.29, 1.82) is 0 Å². The summed E-state index contributed by atoms with van der Waals surface area (Å²) in [4.78, 5) is 26.3. The van der Waals surface area contributed by atoms with Gasteiger partial charge in [-0.2, -0.15) is 0 Å². The van der Waals surface area contributed by atoms with Crippen molar-refractivity contribution < 1.29 is 4.79 Å². The Hall–Kier alpha value is -3.28. The van der Waals surface area contributed by atoms with Crippen LogP contribution in [0.3, 0.4) is 0 Å². The second-order valence-corrected chi connectivity index (χ2v) is 5.66. The maximum Gasteiger partial charge on any atom is 0.258 e. The van der Waals surface area contributed by atoms with Gasteiger partial charge in [0.1, 0.15) is 12.1 Å². The summed E-state index contributed by atoms with van der Waals surface area (Å²) in [5, 5.41) is 3.26. The fraction of sp³-hybridized carbons (Fsp3) is 0.158. The van der Waals surface area contributed by atoms with Gasteiger partial charge in [0.25, 0.3) is 5.91 Å². The molecule has 0 aliphatic carbocycles. The van der Waals surface area contributed by atoms with Crippen molar-refractivity contribution in [3.8, 4) is 0 Å². The summed E-state index contributed by atoms with van der Waals surface area (Å²) in [7, 11) is 1.76. The highest BCUT2D eigenvalue weighted by Gasteiger charge is 2.12. The number of nitrogens with zero attached hydrogens (tertiary/aromatic N) is 4. The molecule has 6 heteroatoms. The molecule has 3 aromatic rings. The number of aryl methyl sites for hydroxylation is 1. The normalized spacial score (nSPS) is 10.3. The van der Waals surface area contributed by atoms with Gasteiger partial charge in [0, 0.05) is 49.0 Å². The molecule has 1 amide bonds. The molecule has 6 nitrogen and oxygen atoms in total. The van der Waals surface area contributed by atoms with Gasteiger partial charge >= 0.3 is 0 Å². The van der Waals surface area contributed by atoms with Gasteiger partial charge in [-0.15, -0.1) is 0 Å². The monoisotopic (exact) mass is 333 g/mol. The molecule has 1 N–H and O–H groups in total. The molecule has 0 aliphatic rings. The van der Waals surface area contributed by atoms with Crippen LogP contribution in [0.15, 0.2) is 61.2 Å². The summed E-state index contributed by atoms with van der Waals surface area (Å²) in [6.45, 7) is 2.58. The molecule has 0 radical (unpaired) electrons. The second kappa shape index (κ2) is 7.53. The van der Waals surface area contributed by atoms with Gasteiger partial charge in [-0.3, -0.25) is 9.78 Å². The molecule has 0 saturated heterocycles. The maximum absolute atomic E-state index is 12.4. The van der Waals surface area contributed by atoms with Crippen LogP contribution in [0.5, 0.6) is 0 Å². The van der Waals surface area contributed by atoms with Crippen molar-refractivity contribution in [2.45, 2.75) is 13.5 Å². The van der Waals surface area contributed by atoms with Crippen LogP contribution >= 0.6 is 0 Å². The Bertz CT molecular complexity index is 849. The summed E-state index contributed by atoms with van der Waals surface area (Å²) in [5.41, 5.74) is 3.47. The smallest absolute Gasteiger partial charge is 0.258 e. The summed E-state index contributed by atoms with van der Waals surface area (Å²) in [6.07, 6.45) is 4.77. The van der Waals surface area contributed by atoms with Crippen LogP contribution in [0.2, 0.25) is 0 Å². The summed E-state index contributed by atoms with van der Waals surface area (Å²) >= 11 is 0. The van der Waals surface area contributed by atoms with Gasteiger partial charge in [-0.05, 0) is 36.8 Å². The number of pyridine rings is 1. The van der Waals surface area contributed by atoms with E-state index in [2.05, 4.69) is 20.3 Å². The number of carbonyl (C=O) groups is 1. The molecular formula is C19H19N5O. The van der Waals surface area contributed by atoms with Crippen molar-refractivity contribution in [2.24, 2.45) is 0 Å². The Morgan fingerprint density at radius 3 is 2.48 bits per heavy atom. The molecular weight excluding hydrogens is 314 g/mol. The molecule has 0 fully saturated rings. The maximum atomic E-state index is 12.4. The number of benzene rings is 1. The molecule has 3 rings (SSSR count). The molecule has 0 bridgehead atoms. The number of anilines is 2. The Kier molecular flexibility index (Phi) is 4.99. The molecule has 25 heavy (non-hydrogen) atoms. The largest absolute Gasteiger partial charge is 0.366 e. The van der Waals surface area contributed by atoms with E-state index in [1.54, 1.807) is 42.8 Å². The van der Waals surface area contributed by atoms with Crippen LogP contribution < -0.4 is 10.2 Å². The van der Waals surface area contributed by atoms with Gasteiger partial charge in [-0.1, -0.05) is 12.1 Å². The minimum atomic E-state index is -0.0651. The van der Waals surface area contributed by atoms with Crippen molar-refractivity contribution >= 4 is 17.4 Å².